The van der Waals surface area contributed by atoms with Crippen molar-refractivity contribution in [2.75, 3.05) is 25.6 Å². The number of aliphatic hydroxyl groups is 2. The summed E-state index contributed by atoms with van der Waals surface area (Å²) < 4.78 is 4.66. The van der Waals surface area contributed by atoms with E-state index in [2.05, 4.69) is 10.1 Å². The third-order valence-corrected chi connectivity index (χ3v) is 2.40. The van der Waals surface area contributed by atoms with E-state index in [1.54, 1.807) is 18.2 Å². The molecule has 1 atom stereocenters. The summed E-state index contributed by atoms with van der Waals surface area (Å²) in [5.74, 6) is -0.395. The second kappa shape index (κ2) is 6.22. The van der Waals surface area contributed by atoms with Crippen LogP contribution in [0.4, 0.5) is 5.69 Å². The molecule has 0 aliphatic heterocycles. The number of nitrogens with one attached hydrogen (secondary N) is 1. The molecule has 0 spiro atoms. The van der Waals surface area contributed by atoms with E-state index in [0.717, 1.165) is 5.56 Å². The van der Waals surface area contributed by atoms with Crippen molar-refractivity contribution in [2.45, 2.75) is 13.0 Å². The number of aliphatic hydroxyl groups excluding tert-OH is 2. The van der Waals surface area contributed by atoms with E-state index in [1.807, 2.05) is 6.92 Å². The lowest BCUT2D eigenvalue weighted by molar-refractivity contribution is 0.0600. The van der Waals surface area contributed by atoms with Gasteiger partial charge in [0, 0.05) is 12.2 Å². The molecular weight excluding hydrogens is 222 g/mol. The highest BCUT2D eigenvalue weighted by molar-refractivity contribution is 5.92. The second-order valence-electron chi connectivity index (χ2n) is 3.74. The van der Waals surface area contributed by atoms with Crippen molar-refractivity contribution in [2.24, 2.45) is 0 Å². The third-order valence-electron chi connectivity index (χ3n) is 2.40. The van der Waals surface area contributed by atoms with Gasteiger partial charge in [-0.3, -0.25) is 0 Å². The Kier molecular flexibility index (Phi) is 4.93. The van der Waals surface area contributed by atoms with Crippen molar-refractivity contribution in [1.29, 1.82) is 0 Å². The number of hydrogen-bond donors (Lipinski definition) is 3. The fourth-order valence-electron chi connectivity index (χ4n) is 1.36. The number of carbonyl (C=O) groups is 1. The summed E-state index contributed by atoms with van der Waals surface area (Å²) in [5, 5.41) is 20.8. The first-order valence-corrected chi connectivity index (χ1v) is 5.30. The van der Waals surface area contributed by atoms with Gasteiger partial charge in [0.25, 0.3) is 0 Å². The molecule has 5 heteroatoms. The Hall–Kier alpha value is -1.59. The smallest absolute Gasteiger partial charge is 0.338 e. The van der Waals surface area contributed by atoms with E-state index in [4.69, 9.17) is 5.11 Å². The van der Waals surface area contributed by atoms with Crippen LogP contribution in [0.3, 0.4) is 0 Å². The predicted octanol–water partition coefficient (Wildman–Crippen LogP) is 0.547. The van der Waals surface area contributed by atoms with E-state index < -0.39 is 12.1 Å². The highest BCUT2D eigenvalue weighted by atomic mass is 16.5. The Bertz CT molecular complexity index is 392. The molecular formula is C12H17NO4. The molecule has 0 amide bonds. The molecule has 0 saturated heterocycles. The van der Waals surface area contributed by atoms with Crippen LogP contribution in [0.5, 0.6) is 0 Å². The topological polar surface area (TPSA) is 78.8 Å². The number of methoxy groups -OCH3 is 1. The molecule has 0 saturated carbocycles. The molecule has 0 radical (unpaired) electrons. The van der Waals surface area contributed by atoms with E-state index in [1.165, 1.54) is 7.11 Å². The number of anilines is 1. The SMILES string of the molecule is COC(=O)c1cc(NCC(O)CO)ccc1C. The minimum absolute atomic E-state index is 0.222. The molecule has 0 aliphatic rings. The van der Waals surface area contributed by atoms with Gasteiger partial charge in [-0.15, -0.1) is 0 Å². The molecule has 0 fully saturated rings. The van der Waals surface area contributed by atoms with Crippen LogP contribution in [0.2, 0.25) is 0 Å². The standard InChI is InChI=1S/C12H17NO4/c1-8-3-4-9(13-6-10(15)7-14)5-11(8)12(16)17-2/h3-5,10,13-15H,6-7H2,1-2H3. The van der Waals surface area contributed by atoms with Crippen LogP contribution in [0.1, 0.15) is 15.9 Å². The summed E-state index contributed by atoms with van der Waals surface area (Å²) in [5.41, 5.74) is 2.00. The summed E-state index contributed by atoms with van der Waals surface area (Å²) >= 11 is 0. The van der Waals surface area contributed by atoms with Crippen LogP contribution >= 0.6 is 0 Å². The Morgan fingerprint density at radius 3 is 2.82 bits per heavy atom. The lowest BCUT2D eigenvalue weighted by Gasteiger charge is -2.12. The highest BCUT2D eigenvalue weighted by Crippen LogP contribution is 2.16. The number of rotatable bonds is 5. The maximum atomic E-state index is 11.4. The Balaban J connectivity index is 2.78. The fraction of sp³-hybridized carbons (Fsp3) is 0.417. The molecule has 0 heterocycles. The number of hydrogen-bond acceptors (Lipinski definition) is 5. The molecule has 0 aromatic heterocycles. The lowest BCUT2D eigenvalue weighted by Crippen LogP contribution is -2.23. The first-order chi connectivity index (χ1) is 8.08. The molecule has 3 N–H and O–H groups in total. The van der Waals surface area contributed by atoms with Crippen molar-refractivity contribution < 1.29 is 19.7 Å². The Morgan fingerprint density at radius 1 is 1.53 bits per heavy atom. The van der Waals surface area contributed by atoms with Crippen LogP contribution in [-0.2, 0) is 4.74 Å². The van der Waals surface area contributed by atoms with Crippen LogP contribution < -0.4 is 5.32 Å². The number of benzene rings is 1. The monoisotopic (exact) mass is 239 g/mol. The van der Waals surface area contributed by atoms with Gasteiger partial charge in [-0.25, -0.2) is 4.79 Å². The molecule has 0 bridgehead atoms. The molecule has 5 nitrogen and oxygen atoms in total. The molecule has 0 aliphatic carbocycles. The molecule has 94 valence electrons. The lowest BCUT2D eigenvalue weighted by atomic mass is 10.1. The predicted molar refractivity (Wildman–Crippen MR) is 64.1 cm³/mol. The third kappa shape index (κ3) is 3.72. The summed E-state index contributed by atoms with van der Waals surface area (Å²) in [6, 6.07) is 5.25. The summed E-state index contributed by atoms with van der Waals surface area (Å²) in [6.45, 7) is 1.74. The molecule has 1 aromatic carbocycles. The van der Waals surface area contributed by atoms with E-state index in [-0.39, 0.29) is 13.2 Å². The average Bonchev–Trinajstić information content (AvgIpc) is 2.36. The van der Waals surface area contributed by atoms with Crippen molar-refractivity contribution in [3.8, 4) is 0 Å². The van der Waals surface area contributed by atoms with Crippen molar-refractivity contribution in [3.05, 3.63) is 29.3 Å². The average molecular weight is 239 g/mol. The first-order valence-electron chi connectivity index (χ1n) is 5.30. The zero-order valence-corrected chi connectivity index (χ0v) is 9.93. The van der Waals surface area contributed by atoms with E-state index in [0.29, 0.717) is 11.3 Å². The van der Waals surface area contributed by atoms with Gasteiger partial charge in [-0.05, 0) is 24.6 Å². The quantitative estimate of drug-likeness (QED) is 0.654. The van der Waals surface area contributed by atoms with Crippen LogP contribution in [-0.4, -0.2) is 42.5 Å². The van der Waals surface area contributed by atoms with Crippen LogP contribution in [0.25, 0.3) is 0 Å². The fourth-order valence-corrected chi connectivity index (χ4v) is 1.36. The maximum absolute atomic E-state index is 11.4. The van der Waals surface area contributed by atoms with Gasteiger partial charge in [0.15, 0.2) is 0 Å². The van der Waals surface area contributed by atoms with Gasteiger partial charge in [0.05, 0.1) is 25.4 Å². The van der Waals surface area contributed by atoms with Gasteiger partial charge in [0.1, 0.15) is 0 Å². The van der Waals surface area contributed by atoms with Gasteiger partial charge < -0.3 is 20.3 Å². The van der Waals surface area contributed by atoms with Crippen molar-refractivity contribution >= 4 is 11.7 Å². The van der Waals surface area contributed by atoms with Crippen molar-refractivity contribution in [1.82, 2.24) is 0 Å². The maximum Gasteiger partial charge on any atom is 0.338 e. The first kappa shape index (κ1) is 13.5. The summed E-state index contributed by atoms with van der Waals surface area (Å²) in [6.07, 6.45) is -0.821. The minimum atomic E-state index is -0.821. The second-order valence-corrected chi connectivity index (χ2v) is 3.74. The largest absolute Gasteiger partial charge is 0.465 e. The van der Waals surface area contributed by atoms with Crippen LogP contribution in [0, 0.1) is 6.92 Å². The summed E-state index contributed by atoms with van der Waals surface area (Å²) in [7, 11) is 1.33. The number of ether oxygens (including phenoxy) is 1. The van der Waals surface area contributed by atoms with Gasteiger partial charge in [0.2, 0.25) is 0 Å². The molecule has 1 aromatic rings. The normalized spacial score (nSPS) is 12.0. The highest BCUT2D eigenvalue weighted by Gasteiger charge is 2.10. The number of carbonyl (C=O) groups excluding carboxylic acids is 1. The van der Waals surface area contributed by atoms with Gasteiger partial charge in [-0.2, -0.15) is 0 Å². The van der Waals surface area contributed by atoms with E-state index in [9.17, 15) is 9.90 Å². The summed E-state index contributed by atoms with van der Waals surface area (Å²) in [4.78, 5) is 11.4. The van der Waals surface area contributed by atoms with E-state index >= 15 is 0 Å². The van der Waals surface area contributed by atoms with Gasteiger partial charge in [-0.1, -0.05) is 6.07 Å². The van der Waals surface area contributed by atoms with Crippen LogP contribution in [0.15, 0.2) is 18.2 Å². The molecule has 1 unspecified atom stereocenters. The zero-order valence-electron chi connectivity index (χ0n) is 9.93. The molecule has 17 heavy (non-hydrogen) atoms. The number of esters is 1. The Morgan fingerprint density at radius 2 is 2.24 bits per heavy atom. The Labute approximate surface area is 100 Å². The minimum Gasteiger partial charge on any atom is -0.465 e. The zero-order chi connectivity index (χ0) is 12.8. The number of aryl methyl sites for hydroxylation is 1. The molecule has 1 rings (SSSR count). The van der Waals surface area contributed by atoms with Gasteiger partial charge >= 0.3 is 5.97 Å². The van der Waals surface area contributed by atoms with Crippen molar-refractivity contribution in [3.63, 3.8) is 0 Å².